The van der Waals surface area contributed by atoms with Crippen molar-refractivity contribution in [2.45, 2.75) is 6.61 Å². The molecule has 0 saturated heterocycles. The summed E-state index contributed by atoms with van der Waals surface area (Å²) in [6.45, 7) is 0.494. The van der Waals surface area contributed by atoms with Gasteiger partial charge in [-0.3, -0.25) is 20.6 Å². The van der Waals surface area contributed by atoms with Gasteiger partial charge in [0.05, 0.1) is 12.1 Å². The Bertz CT molecular complexity index is 775. The van der Waals surface area contributed by atoms with Crippen LogP contribution in [0.25, 0.3) is 0 Å². The molecule has 0 bridgehead atoms. The molecule has 0 aliphatic carbocycles. The zero-order valence-corrected chi connectivity index (χ0v) is 13.8. The molecule has 1 heterocycles. The summed E-state index contributed by atoms with van der Waals surface area (Å²) in [7, 11) is 1.63. The van der Waals surface area contributed by atoms with Crippen molar-refractivity contribution < 1.29 is 14.3 Å². The Kier molecular flexibility index (Phi) is 4.86. The van der Waals surface area contributed by atoms with Crippen molar-refractivity contribution in [3.8, 4) is 11.5 Å². The predicted molar refractivity (Wildman–Crippen MR) is 91.5 cm³/mol. The largest absolute Gasteiger partial charge is 0.497 e. The second-order valence-electron chi connectivity index (χ2n) is 5.12. The Hall–Kier alpha value is -2.73. The van der Waals surface area contributed by atoms with Crippen molar-refractivity contribution in [2.24, 2.45) is 4.99 Å². The molecule has 0 unspecified atom stereocenters. The number of carbonyl (C=O) groups excluding carboxylic acids is 1. The smallest absolute Gasteiger partial charge is 0.260 e. The van der Waals surface area contributed by atoms with Crippen molar-refractivity contribution in [1.82, 2.24) is 10.9 Å². The van der Waals surface area contributed by atoms with Gasteiger partial charge in [0, 0.05) is 5.56 Å². The molecular formula is C17H16ClN3O3. The van der Waals surface area contributed by atoms with Crippen LogP contribution in [-0.4, -0.2) is 25.4 Å². The summed E-state index contributed by atoms with van der Waals surface area (Å²) in [5.74, 6) is 1.77. The zero-order valence-electron chi connectivity index (χ0n) is 13.0. The Labute approximate surface area is 144 Å². The van der Waals surface area contributed by atoms with Crippen LogP contribution in [0.2, 0.25) is 5.02 Å². The maximum absolute atomic E-state index is 11.1. The van der Waals surface area contributed by atoms with E-state index in [0.717, 1.165) is 16.9 Å². The number of benzene rings is 2. The molecule has 2 N–H and O–H groups in total. The van der Waals surface area contributed by atoms with Crippen LogP contribution in [0.1, 0.15) is 11.1 Å². The number of ether oxygens (including phenoxy) is 2. The molecule has 2 aromatic rings. The molecule has 1 aliphatic rings. The summed E-state index contributed by atoms with van der Waals surface area (Å²) in [5.41, 5.74) is 7.04. The third-order valence-corrected chi connectivity index (χ3v) is 3.76. The number of halogens is 1. The molecular weight excluding hydrogens is 330 g/mol. The molecule has 0 fully saturated rings. The number of aliphatic imine (C=N–C) groups is 1. The second-order valence-corrected chi connectivity index (χ2v) is 5.53. The molecule has 0 spiro atoms. The molecule has 2 aromatic carbocycles. The number of nitrogens with one attached hydrogen (secondary N) is 2. The molecule has 0 saturated carbocycles. The van der Waals surface area contributed by atoms with E-state index in [4.69, 9.17) is 21.1 Å². The van der Waals surface area contributed by atoms with E-state index >= 15 is 0 Å². The molecule has 24 heavy (non-hydrogen) atoms. The third-order valence-electron chi connectivity index (χ3n) is 3.46. The van der Waals surface area contributed by atoms with E-state index in [0.29, 0.717) is 23.2 Å². The van der Waals surface area contributed by atoms with E-state index in [1.165, 1.54) is 0 Å². The van der Waals surface area contributed by atoms with Crippen molar-refractivity contribution in [1.29, 1.82) is 0 Å². The summed E-state index contributed by atoms with van der Waals surface area (Å²) in [4.78, 5) is 15.2. The number of carbonyl (C=O) groups is 1. The first kappa shape index (κ1) is 16.1. The highest BCUT2D eigenvalue weighted by molar-refractivity contribution is 6.32. The number of hydrazine groups is 1. The molecule has 1 amide bonds. The van der Waals surface area contributed by atoms with Gasteiger partial charge < -0.3 is 9.47 Å². The first-order chi connectivity index (χ1) is 11.7. The fraction of sp³-hybridized carbons (Fsp3) is 0.176. The van der Waals surface area contributed by atoms with E-state index in [9.17, 15) is 4.79 Å². The highest BCUT2D eigenvalue weighted by atomic mass is 35.5. The molecule has 0 radical (unpaired) electrons. The highest BCUT2D eigenvalue weighted by Gasteiger charge is 2.13. The minimum atomic E-state index is -0.177. The topological polar surface area (TPSA) is 72.0 Å². The molecule has 0 aromatic heterocycles. The monoisotopic (exact) mass is 345 g/mol. The standard InChI is InChI=1S/C17H16ClN3O3/c1-23-13-5-2-11(3-6-13)10-24-15-7-4-12(8-14(15)18)17-19-9-16(22)20-21-17/h2-8H,9-10H2,1H3,(H,19,21)(H,20,22). The number of hydrogen-bond acceptors (Lipinski definition) is 5. The Morgan fingerprint density at radius 3 is 2.58 bits per heavy atom. The molecule has 6 nitrogen and oxygen atoms in total. The van der Waals surface area contributed by atoms with Gasteiger partial charge in [-0.25, -0.2) is 0 Å². The summed E-state index contributed by atoms with van der Waals surface area (Å²) in [6.07, 6.45) is 0. The van der Waals surface area contributed by atoms with Crippen LogP contribution >= 0.6 is 11.6 Å². The van der Waals surface area contributed by atoms with Gasteiger partial charge in [0.15, 0.2) is 0 Å². The van der Waals surface area contributed by atoms with Crippen molar-refractivity contribution in [2.75, 3.05) is 13.7 Å². The third kappa shape index (κ3) is 3.78. The van der Waals surface area contributed by atoms with Crippen LogP contribution in [0.4, 0.5) is 0 Å². The second kappa shape index (κ2) is 7.23. The van der Waals surface area contributed by atoms with Crippen LogP contribution in [-0.2, 0) is 11.4 Å². The summed E-state index contributed by atoms with van der Waals surface area (Å²) in [6, 6.07) is 13.0. The fourth-order valence-electron chi connectivity index (χ4n) is 2.17. The van der Waals surface area contributed by atoms with Gasteiger partial charge in [0.25, 0.3) is 5.91 Å². The van der Waals surface area contributed by atoms with Gasteiger partial charge in [-0.15, -0.1) is 0 Å². The summed E-state index contributed by atoms with van der Waals surface area (Å²) < 4.78 is 10.9. The molecule has 124 valence electrons. The van der Waals surface area contributed by atoms with Crippen molar-refractivity contribution in [3.63, 3.8) is 0 Å². The fourth-order valence-corrected chi connectivity index (χ4v) is 2.41. The average molecular weight is 346 g/mol. The first-order valence-corrected chi connectivity index (χ1v) is 7.68. The van der Waals surface area contributed by atoms with Crippen LogP contribution in [0.3, 0.4) is 0 Å². The average Bonchev–Trinajstić information content (AvgIpc) is 2.62. The Morgan fingerprint density at radius 1 is 1.17 bits per heavy atom. The van der Waals surface area contributed by atoms with Gasteiger partial charge in [-0.1, -0.05) is 23.7 Å². The van der Waals surface area contributed by atoms with E-state index < -0.39 is 0 Å². The number of nitrogens with zero attached hydrogens (tertiary/aromatic N) is 1. The number of methoxy groups -OCH3 is 1. The normalized spacial score (nSPS) is 13.6. The Morgan fingerprint density at radius 2 is 1.96 bits per heavy atom. The van der Waals surface area contributed by atoms with E-state index in [2.05, 4.69) is 15.8 Å². The maximum atomic E-state index is 11.1. The van der Waals surface area contributed by atoms with Crippen LogP contribution in [0.5, 0.6) is 11.5 Å². The molecule has 1 aliphatic heterocycles. The summed E-state index contributed by atoms with van der Waals surface area (Å²) in [5, 5.41) is 0.474. The minimum absolute atomic E-state index is 0.0929. The van der Waals surface area contributed by atoms with Gasteiger partial charge in [-0.05, 0) is 35.9 Å². The number of amides is 1. The summed E-state index contributed by atoms with van der Waals surface area (Å²) >= 11 is 6.28. The molecule has 7 heteroatoms. The van der Waals surface area contributed by atoms with Gasteiger partial charge in [0.1, 0.15) is 30.5 Å². The van der Waals surface area contributed by atoms with Crippen LogP contribution in [0, 0.1) is 0 Å². The Balaban J connectivity index is 1.67. The van der Waals surface area contributed by atoms with Crippen molar-refractivity contribution in [3.05, 3.63) is 58.6 Å². The minimum Gasteiger partial charge on any atom is -0.497 e. The lowest BCUT2D eigenvalue weighted by Gasteiger charge is -2.16. The lowest BCUT2D eigenvalue weighted by atomic mass is 10.2. The van der Waals surface area contributed by atoms with E-state index in [1.54, 1.807) is 19.2 Å². The lowest BCUT2D eigenvalue weighted by Crippen LogP contribution is -2.47. The van der Waals surface area contributed by atoms with Crippen LogP contribution < -0.4 is 20.3 Å². The predicted octanol–water partition coefficient (Wildman–Crippen LogP) is 2.31. The van der Waals surface area contributed by atoms with Gasteiger partial charge in [0.2, 0.25) is 0 Å². The molecule has 3 rings (SSSR count). The lowest BCUT2D eigenvalue weighted by molar-refractivity contribution is -0.120. The van der Waals surface area contributed by atoms with Crippen molar-refractivity contribution >= 4 is 23.3 Å². The molecule has 0 atom stereocenters. The van der Waals surface area contributed by atoms with Gasteiger partial charge in [-0.2, -0.15) is 0 Å². The quantitative estimate of drug-likeness (QED) is 0.872. The number of amidine groups is 1. The number of rotatable bonds is 5. The maximum Gasteiger partial charge on any atom is 0.260 e. The SMILES string of the molecule is COc1ccc(COc2ccc(C3=NCC(=O)NN3)cc2Cl)cc1. The first-order valence-electron chi connectivity index (χ1n) is 7.30. The highest BCUT2D eigenvalue weighted by Crippen LogP contribution is 2.26. The van der Waals surface area contributed by atoms with Gasteiger partial charge >= 0.3 is 0 Å². The van der Waals surface area contributed by atoms with E-state index in [1.807, 2.05) is 30.3 Å². The number of hydrogen-bond donors (Lipinski definition) is 2. The zero-order chi connectivity index (χ0) is 16.9. The van der Waals surface area contributed by atoms with E-state index in [-0.39, 0.29) is 12.5 Å². The van der Waals surface area contributed by atoms with Crippen LogP contribution in [0.15, 0.2) is 47.5 Å².